The van der Waals surface area contributed by atoms with E-state index in [0.29, 0.717) is 11.0 Å². The van der Waals surface area contributed by atoms with Crippen molar-refractivity contribution in [3.05, 3.63) is 23.8 Å². The van der Waals surface area contributed by atoms with Crippen molar-refractivity contribution in [3.8, 4) is 0 Å². The Morgan fingerprint density at radius 3 is 2.56 bits per heavy atom. The number of aryl methyl sites for hydroxylation is 1. The van der Waals surface area contributed by atoms with Gasteiger partial charge in [0.2, 0.25) is 5.91 Å². The van der Waals surface area contributed by atoms with Crippen LogP contribution in [0.4, 0.5) is 5.69 Å². The van der Waals surface area contributed by atoms with E-state index in [9.17, 15) is 9.36 Å². The fraction of sp³-hybridized carbons (Fsp3) is 0.364. The van der Waals surface area contributed by atoms with Crippen molar-refractivity contribution in [3.63, 3.8) is 0 Å². The quantitative estimate of drug-likeness (QED) is 0.669. The Kier molecular flexibility index (Phi) is 4.17. The average molecular weight is 260 g/mol. The molecule has 0 aliphatic rings. The minimum absolute atomic E-state index is 0.106. The number of alkyl halides is 1. The molecule has 88 valence electrons. The van der Waals surface area contributed by atoms with E-state index in [2.05, 4.69) is 5.32 Å². The molecule has 16 heavy (non-hydrogen) atoms. The Balaban J connectivity index is 3.19. The lowest BCUT2D eigenvalue weighted by Gasteiger charge is -2.14. The molecular weight excluding hydrogens is 245 g/mol. The molecular formula is C11H15ClNO2P. The summed E-state index contributed by atoms with van der Waals surface area (Å²) in [6, 6.07) is 5.48. The van der Waals surface area contributed by atoms with Crippen molar-refractivity contribution >= 4 is 35.6 Å². The van der Waals surface area contributed by atoms with Gasteiger partial charge in [-0.2, -0.15) is 0 Å². The smallest absolute Gasteiger partial charge is 0.239 e. The normalized spacial score (nSPS) is 11.2. The van der Waals surface area contributed by atoms with Gasteiger partial charge in [-0.05, 0) is 37.9 Å². The van der Waals surface area contributed by atoms with Crippen LogP contribution in [-0.2, 0) is 9.36 Å². The summed E-state index contributed by atoms with van der Waals surface area (Å²) in [5.41, 5.74) is 1.60. The lowest BCUT2D eigenvalue weighted by atomic mass is 10.2. The van der Waals surface area contributed by atoms with Crippen LogP contribution < -0.4 is 10.6 Å². The number of amides is 1. The Bertz CT molecular complexity index is 453. The summed E-state index contributed by atoms with van der Waals surface area (Å²) in [5, 5.41) is 3.34. The molecule has 0 fully saturated rings. The largest absolute Gasteiger partial charge is 0.324 e. The second-order valence-corrected chi connectivity index (χ2v) is 7.50. The summed E-state index contributed by atoms with van der Waals surface area (Å²) in [7, 11) is -2.40. The van der Waals surface area contributed by atoms with Gasteiger partial charge in [0, 0.05) is 5.30 Å². The van der Waals surface area contributed by atoms with Gasteiger partial charge in [-0.15, -0.1) is 11.6 Å². The van der Waals surface area contributed by atoms with Gasteiger partial charge in [0.25, 0.3) is 0 Å². The van der Waals surface area contributed by atoms with Crippen LogP contribution in [0.5, 0.6) is 0 Å². The highest BCUT2D eigenvalue weighted by atomic mass is 35.5. The van der Waals surface area contributed by atoms with Crippen LogP contribution in [0.1, 0.15) is 5.56 Å². The highest BCUT2D eigenvalue weighted by Gasteiger charge is 2.17. The first-order valence-corrected chi connectivity index (χ1v) is 8.00. The molecule has 1 amide bonds. The topological polar surface area (TPSA) is 46.2 Å². The summed E-state index contributed by atoms with van der Waals surface area (Å²) < 4.78 is 12.0. The molecule has 0 heterocycles. The average Bonchev–Trinajstić information content (AvgIpc) is 2.15. The number of rotatable bonds is 3. The number of benzene rings is 1. The number of nitrogens with one attached hydrogen (secondary N) is 1. The van der Waals surface area contributed by atoms with Crippen LogP contribution >= 0.6 is 18.7 Å². The maximum absolute atomic E-state index is 12.0. The second kappa shape index (κ2) is 5.03. The van der Waals surface area contributed by atoms with E-state index >= 15 is 0 Å². The summed E-state index contributed by atoms with van der Waals surface area (Å²) in [6.45, 7) is 5.26. The third-order valence-corrected chi connectivity index (χ3v) is 3.92. The molecule has 5 heteroatoms. The first-order chi connectivity index (χ1) is 7.34. The third-order valence-electron chi connectivity index (χ3n) is 2.13. The van der Waals surface area contributed by atoms with Crippen molar-refractivity contribution in [2.75, 3.05) is 24.5 Å². The van der Waals surface area contributed by atoms with Gasteiger partial charge >= 0.3 is 0 Å². The molecule has 0 atom stereocenters. The number of halogens is 1. The molecule has 0 aliphatic carbocycles. The van der Waals surface area contributed by atoms with Gasteiger partial charge in [0.05, 0.1) is 5.69 Å². The molecule has 0 saturated heterocycles. The van der Waals surface area contributed by atoms with Gasteiger partial charge in [-0.25, -0.2) is 0 Å². The van der Waals surface area contributed by atoms with E-state index in [4.69, 9.17) is 11.6 Å². The fourth-order valence-electron chi connectivity index (χ4n) is 1.40. The molecule has 0 aromatic heterocycles. The van der Waals surface area contributed by atoms with Crippen molar-refractivity contribution in [1.29, 1.82) is 0 Å². The standard InChI is InChI=1S/C11H15ClNO2P/c1-8-4-5-10(16(2,3)15)9(6-8)13-11(14)7-12/h4-6H,7H2,1-3H3,(H,13,14). The highest BCUT2D eigenvalue weighted by molar-refractivity contribution is 7.70. The molecule has 1 N–H and O–H groups in total. The van der Waals surface area contributed by atoms with E-state index < -0.39 is 7.14 Å². The Hall–Kier alpha value is -0.790. The van der Waals surface area contributed by atoms with Crippen molar-refractivity contribution in [1.82, 2.24) is 0 Å². The minimum atomic E-state index is -2.40. The maximum Gasteiger partial charge on any atom is 0.239 e. The lowest BCUT2D eigenvalue weighted by Crippen LogP contribution is -2.19. The molecule has 3 nitrogen and oxygen atoms in total. The lowest BCUT2D eigenvalue weighted by molar-refractivity contribution is -0.113. The first-order valence-electron chi connectivity index (χ1n) is 4.86. The zero-order valence-electron chi connectivity index (χ0n) is 9.58. The van der Waals surface area contributed by atoms with Gasteiger partial charge in [-0.3, -0.25) is 4.79 Å². The second-order valence-electron chi connectivity index (χ2n) is 4.05. The summed E-state index contributed by atoms with van der Waals surface area (Å²) in [4.78, 5) is 11.2. The number of hydrogen-bond donors (Lipinski definition) is 1. The molecule has 0 radical (unpaired) electrons. The summed E-state index contributed by atoms with van der Waals surface area (Å²) >= 11 is 5.43. The Morgan fingerprint density at radius 1 is 1.44 bits per heavy atom. The van der Waals surface area contributed by atoms with Gasteiger partial charge in [0.15, 0.2) is 0 Å². The van der Waals surface area contributed by atoms with E-state index in [-0.39, 0.29) is 11.8 Å². The maximum atomic E-state index is 12.0. The third kappa shape index (κ3) is 3.36. The van der Waals surface area contributed by atoms with Crippen LogP contribution in [-0.4, -0.2) is 25.1 Å². The zero-order chi connectivity index (χ0) is 12.3. The SMILES string of the molecule is Cc1ccc(P(C)(C)=O)c(NC(=O)CCl)c1. The van der Waals surface area contributed by atoms with Gasteiger partial charge in [-0.1, -0.05) is 6.07 Å². The molecule has 0 saturated carbocycles. The predicted molar refractivity (Wildman–Crippen MR) is 69.6 cm³/mol. The monoisotopic (exact) mass is 259 g/mol. The van der Waals surface area contributed by atoms with Crippen LogP contribution in [0.3, 0.4) is 0 Å². The molecule has 0 aliphatic heterocycles. The van der Waals surface area contributed by atoms with E-state index in [1.165, 1.54) is 0 Å². The number of anilines is 1. The Morgan fingerprint density at radius 2 is 2.06 bits per heavy atom. The highest BCUT2D eigenvalue weighted by Crippen LogP contribution is 2.37. The van der Waals surface area contributed by atoms with E-state index in [0.717, 1.165) is 5.56 Å². The van der Waals surface area contributed by atoms with Crippen molar-refractivity contribution < 1.29 is 9.36 Å². The van der Waals surface area contributed by atoms with Crippen LogP contribution in [0.15, 0.2) is 18.2 Å². The Labute approximate surface area is 101 Å². The van der Waals surface area contributed by atoms with Crippen LogP contribution in [0.25, 0.3) is 0 Å². The van der Waals surface area contributed by atoms with Gasteiger partial charge in [0.1, 0.15) is 13.0 Å². The van der Waals surface area contributed by atoms with Gasteiger partial charge < -0.3 is 9.88 Å². The van der Waals surface area contributed by atoms with E-state index in [1.807, 2.05) is 13.0 Å². The fourth-order valence-corrected chi connectivity index (χ4v) is 2.60. The number of carbonyl (C=O) groups is 1. The molecule has 0 unspecified atom stereocenters. The predicted octanol–water partition coefficient (Wildman–Crippen LogP) is 2.42. The molecule has 1 aromatic carbocycles. The van der Waals surface area contributed by atoms with Crippen LogP contribution in [0.2, 0.25) is 0 Å². The molecule has 1 aromatic rings. The molecule has 1 rings (SSSR count). The number of carbonyl (C=O) groups excluding carboxylic acids is 1. The zero-order valence-corrected chi connectivity index (χ0v) is 11.2. The number of hydrogen-bond acceptors (Lipinski definition) is 2. The van der Waals surface area contributed by atoms with Crippen molar-refractivity contribution in [2.45, 2.75) is 6.92 Å². The molecule has 0 bridgehead atoms. The summed E-state index contributed by atoms with van der Waals surface area (Å²) in [6.07, 6.45) is 0. The summed E-state index contributed by atoms with van der Waals surface area (Å²) in [5.74, 6) is -0.396. The first kappa shape index (κ1) is 13.3. The van der Waals surface area contributed by atoms with E-state index in [1.54, 1.807) is 25.5 Å². The van der Waals surface area contributed by atoms with Crippen molar-refractivity contribution in [2.24, 2.45) is 0 Å². The van der Waals surface area contributed by atoms with Crippen LogP contribution in [0, 0.1) is 6.92 Å². The molecule has 0 spiro atoms. The minimum Gasteiger partial charge on any atom is -0.324 e.